The molecular weight excluding hydrogens is 340 g/mol. The zero-order valence-corrected chi connectivity index (χ0v) is 14.8. The second-order valence-corrected chi connectivity index (χ2v) is 7.77. The second kappa shape index (κ2) is 7.09. The Labute approximate surface area is 149 Å². The van der Waals surface area contributed by atoms with Crippen LogP contribution in [0.1, 0.15) is 54.5 Å². The fraction of sp³-hybridized carbons (Fsp3) is 0.625. The number of H-pyrrole nitrogens is 2. The molecule has 2 aromatic heterocycles. The van der Waals surface area contributed by atoms with Crippen LogP contribution < -0.4 is 11.0 Å². The lowest BCUT2D eigenvalue weighted by Gasteiger charge is -2.33. The minimum Gasteiger partial charge on any atom is -0.301 e. The molecule has 134 valence electrons. The van der Waals surface area contributed by atoms with Gasteiger partial charge in [-0.1, -0.05) is 6.42 Å². The van der Waals surface area contributed by atoms with Crippen molar-refractivity contribution in [2.24, 2.45) is 0 Å². The number of hydrogen-bond acceptors (Lipinski definition) is 6. The summed E-state index contributed by atoms with van der Waals surface area (Å²) in [5.74, 6) is 0.554. The summed E-state index contributed by atoms with van der Waals surface area (Å²) in [5.41, 5.74) is 0.842. The van der Waals surface area contributed by atoms with Crippen molar-refractivity contribution in [3.8, 4) is 0 Å². The van der Waals surface area contributed by atoms with E-state index in [0.717, 1.165) is 44.3 Å². The summed E-state index contributed by atoms with van der Waals surface area (Å²) in [5, 5.41) is 10.1. The predicted molar refractivity (Wildman–Crippen MR) is 94.8 cm³/mol. The molecule has 9 heteroatoms. The molecule has 8 nitrogen and oxygen atoms in total. The van der Waals surface area contributed by atoms with Gasteiger partial charge in [0.25, 0.3) is 0 Å². The molecular formula is C16H22N6O2S. The molecule has 1 saturated heterocycles. The Hall–Kier alpha value is -2.00. The fourth-order valence-corrected chi connectivity index (χ4v) is 4.75. The average Bonchev–Trinajstić information content (AvgIpc) is 3.20. The van der Waals surface area contributed by atoms with E-state index in [1.54, 1.807) is 11.3 Å². The van der Waals surface area contributed by atoms with Gasteiger partial charge < -0.3 is 5.32 Å². The van der Waals surface area contributed by atoms with E-state index in [1.807, 2.05) is 0 Å². The number of nitrogens with zero attached hydrogens (tertiary/aromatic N) is 3. The number of anilines is 1. The van der Waals surface area contributed by atoms with E-state index >= 15 is 0 Å². The Morgan fingerprint density at radius 3 is 2.96 bits per heavy atom. The van der Waals surface area contributed by atoms with E-state index in [2.05, 4.69) is 30.4 Å². The third kappa shape index (κ3) is 3.67. The first kappa shape index (κ1) is 16.5. The van der Waals surface area contributed by atoms with Crippen molar-refractivity contribution in [1.82, 2.24) is 25.1 Å². The topological polar surface area (TPSA) is 107 Å². The van der Waals surface area contributed by atoms with Gasteiger partial charge in [0.05, 0.1) is 18.3 Å². The Bertz CT molecular complexity index is 786. The van der Waals surface area contributed by atoms with Gasteiger partial charge in [0.15, 0.2) is 5.13 Å². The number of aromatic nitrogens is 4. The van der Waals surface area contributed by atoms with E-state index < -0.39 is 0 Å². The van der Waals surface area contributed by atoms with Crippen LogP contribution in [0, 0.1) is 0 Å². The average molecular weight is 362 g/mol. The third-order valence-corrected chi connectivity index (χ3v) is 5.96. The van der Waals surface area contributed by atoms with Gasteiger partial charge in [0.1, 0.15) is 5.82 Å². The lowest BCUT2D eigenvalue weighted by Crippen LogP contribution is -2.39. The summed E-state index contributed by atoms with van der Waals surface area (Å²) < 4.78 is 0. The van der Waals surface area contributed by atoms with Gasteiger partial charge in [-0.25, -0.2) is 14.9 Å². The van der Waals surface area contributed by atoms with Crippen molar-refractivity contribution in [3.63, 3.8) is 0 Å². The molecule has 0 saturated carbocycles. The van der Waals surface area contributed by atoms with Crippen molar-refractivity contribution in [2.75, 3.05) is 18.4 Å². The molecule has 1 aliphatic carbocycles. The fourth-order valence-electron chi connectivity index (χ4n) is 3.68. The summed E-state index contributed by atoms with van der Waals surface area (Å²) in [7, 11) is 0. The third-order valence-electron chi connectivity index (χ3n) is 4.89. The number of hydrogen-bond donors (Lipinski definition) is 3. The first-order valence-electron chi connectivity index (χ1n) is 8.86. The largest absolute Gasteiger partial charge is 0.340 e. The first-order valence-corrected chi connectivity index (χ1v) is 9.68. The summed E-state index contributed by atoms with van der Waals surface area (Å²) in [4.78, 5) is 34.5. The Balaban J connectivity index is 1.41. The van der Waals surface area contributed by atoms with Crippen LogP contribution in [0.25, 0.3) is 0 Å². The van der Waals surface area contributed by atoms with Crippen LogP contribution in [0.5, 0.6) is 0 Å². The van der Waals surface area contributed by atoms with Gasteiger partial charge in [-0.15, -0.1) is 11.3 Å². The summed E-state index contributed by atoms with van der Waals surface area (Å²) >= 11 is 1.60. The highest BCUT2D eigenvalue weighted by Gasteiger charge is 2.28. The number of aryl methyl sites for hydroxylation is 2. The number of nitrogens with one attached hydrogen (secondary N) is 3. The van der Waals surface area contributed by atoms with Crippen molar-refractivity contribution in [3.05, 3.63) is 26.9 Å². The predicted octanol–water partition coefficient (Wildman–Crippen LogP) is 1.60. The van der Waals surface area contributed by atoms with Crippen molar-refractivity contribution < 1.29 is 4.79 Å². The highest BCUT2D eigenvalue weighted by molar-refractivity contribution is 7.15. The van der Waals surface area contributed by atoms with Gasteiger partial charge in [-0.05, 0) is 45.1 Å². The first-order chi connectivity index (χ1) is 12.2. The lowest BCUT2D eigenvalue weighted by atomic mass is 10.0. The number of aromatic amines is 2. The van der Waals surface area contributed by atoms with Crippen LogP contribution in [0.4, 0.5) is 5.13 Å². The van der Waals surface area contributed by atoms with Crippen molar-refractivity contribution >= 4 is 22.4 Å². The van der Waals surface area contributed by atoms with Gasteiger partial charge >= 0.3 is 5.69 Å². The molecule has 25 heavy (non-hydrogen) atoms. The van der Waals surface area contributed by atoms with Gasteiger partial charge in [-0.3, -0.25) is 14.7 Å². The van der Waals surface area contributed by atoms with E-state index in [1.165, 1.54) is 17.7 Å². The molecule has 0 radical (unpaired) electrons. The number of carbonyl (C=O) groups excluding carboxylic acids is 1. The maximum Gasteiger partial charge on any atom is 0.340 e. The van der Waals surface area contributed by atoms with E-state index in [9.17, 15) is 9.59 Å². The molecule has 0 spiro atoms. The molecule has 0 bridgehead atoms. The van der Waals surface area contributed by atoms with Gasteiger partial charge in [0.2, 0.25) is 5.91 Å². The number of rotatable bonds is 4. The number of carbonyl (C=O) groups is 1. The number of thiazole rings is 1. The summed E-state index contributed by atoms with van der Waals surface area (Å²) in [6.45, 7) is 1.10. The van der Waals surface area contributed by atoms with Crippen LogP contribution in [0.2, 0.25) is 0 Å². The maximum atomic E-state index is 12.5. The molecule has 3 heterocycles. The quantitative estimate of drug-likeness (QED) is 0.766. The second-order valence-electron chi connectivity index (χ2n) is 6.69. The van der Waals surface area contributed by atoms with Crippen LogP contribution >= 0.6 is 11.3 Å². The molecule has 1 aliphatic heterocycles. The molecule has 4 rings (SSSR count). The van der Waals surface area contributed by atoms with Crippen molar-refractivity contribution in [2.45, 2.75) is 51.0 Å². The van der Waals surface area contributed by atoms with Crippen LogP contribution in [-0.2, 0) is 17.6 Å². The molecule has 1 amide bonds. The van der Waals surface area contributed by atoms with Crippen LogP contribution in [0.3, 0.4) is 0 Å². The van der Waals surface area contributed by atoms with E-state index in [4.69, 9.17) is 0 Å². The Kier molecular flexibility index (Phi) is 4.67. The molecule has 1 unspecified atom stereocenters. The number of likely N-dealkylation sites (tertiary alicyclic amines) is 1. The minimum absolute atomic E-state index is 0.0250. The SMILES string of the molecule is O=C(CN1CCCCC1c1n[nH]c(=O)[nH]1)Nc1nc2c(s1)CCCC2. The molecule has 2 aromatic rings. The minimum atomic E-state index is -0.307. The number of piperidine rings is 1. The van der Waals surface area contributed by atoms with Crippen LogP contribution in [-0.4, -0.2) is 44.1 Å². The number of amides is 1. The Morgan fingerprint density at radius 1 is 1.28 bits per heavy atom. The zero-order chi connectivity index (χ0) is 17.2. The molecule has 2 aliphatic rings. The molecule has 0 aromatic carbocycles. The summed E-state index contributed by atoms with van der Waals surface area (Å²) in [6.07, 6.45) is 7.48. The van der Waals surface area contributed by atoms with Crippen LogP contribution in [0.15, 0.2) is 4.79 Å². The lowest BCUT2D eigenvalue weighted by molar-refractivity contribution is -0.118. The monoisotopic (exact) mass is 362 g/mol. The maximum absolute atomic E-state index is 12.5. The highest BCUT2D eigenvalue weighted by atomic mass is 32.1. The Morgan fingerprint density at radius 2 is 2.16 bits per heavy atom. The zero-order valence-electron chi connectivity index (χ0n) is 14.0. The van der Waals surface area contributed by atoms with Crippen molar-refractivity contribution in [1.29, 1.82) is 0 Å². The van der Waals surface area contributed by atoms with E-state index in [-0.39, 0.29) is 24.2 Å². The molecule has 1 atom stereocenters. The molecule has 1 fully saturated rings. The normalized spacial score (nSPS) is 21.0. The van der Waals surface area contributed by atoms with E-state index in [0.29, 0.717) is 11.0 Å². The number of fused-ring (bicyclic) bond motifs is 1. The van der Waals surface area contributed by atoms with Gasteiger partial charge in [-0.2, -0.15) is 5.10 Å². The summed E-state index contributed by atoms with van der Waals surface area (Å²) in [6, 6.07) is -0.0250. The standard InChI is InChI=1S/C16H22N6O2S/c23-13(18-16-17-10-5-1-2-7-12(10)25-16)9-22-8-4-3-6-11(22)14-19-15(24)21-20-14/h11H,1-9H2,(H,17,18,23)(H2,19,20,21,24). The smallest absolute Gasteiger partial charge is 0.301 e. The highest BCUT2D eigenvalue weighted by Crippen LogP contribution is 2.30. The van der Waals surface area contributed by atoms with Gasteiger partial charge in [0, 0.05) is 4.88 Å². The molecule has 3 N–H and O–H groups in total.